The lowest BCUT2D eigenvalue weighted by Gasteiger charge is -2.11. The minimum Gasteiger partial charge on any atom is -0.394 e. The molecule has 0 heterocycles. The molecule has 0 saturated heterocycles. The predicted molar refractivity (Wildman–Crippen MR) is 56.2 cm³/mol. The molecular weight excluding hydrogens is 235 g/mol. The first-order valence-electron chi connectivity index (χ1n) is 5.09. The van der Waals surface area contributed by atoms with Crippen LogP contribution in [0.4, 0.5) is 13.2 Å². The van der Waals surface area contributed by atoms with E-state index in [0.29, 0.717) is 5.56 Å². The van der Waals surface area contributed by atoms with Crippen molar-refractivity contribution in [2.24, 2.45) is 0 Å². The highest BCUT2D eigenvalue weighted by Gasteiger charge is 2.30. The second-order valence-corrected chi connectivity index (χ2v) is 3.67. The Hall–Kier alpha value is -1.11. The summed E-state index contributed by atoms with van der Waals surface area (Å²) < 4.78 is 37.1. The summed E-state index contributed by atoms with van der Waals surface area (Å²) in [7, 11) is 0. The number of rotatable bonds is 5. The van der Waals surface area contributed by atoms with E-state index >= 15 is 0 Å². The molecule has 0 bridgehead atoms. The van der Waals surface area contributed by atoms with Crippen LogP contribution in [0.2, 0.25) is 0 Å². The van der Waals surface area contributed by atoms with Gasteiger partial charge in [-0.2, -0.15) is 13.2 Å². The molecule has 1 aromatic carbocycles. The molecule has 0 fully saturated rings. The molecule has 6 heteroatoms. The molecule has 0 aliphatic heterocycles. The van der Waals surface area contributed by atoms with E-state index in [0.717, 1.165) is 12.1 Å². The van der Waals surface area contributed by atoms with Gasteiger partial charge >= 0.3 is 6.18 Å². The fourth-order valence-corrected chi connectivity index (χ4v) is 1.31. The van der Waals surface area contributed by atoms with Crippen molar-refractivity contribution >= 4 is 0 Å². The summed E-state index contributed by atoms with van der Waals surface area (Å²) in [4.78, 5) is 0. The van der Waals surface area contributed by atoms with Crippen molar-refractivity contribution < 1.29 is 23.4 Å². The molecule has 0 aromatic heterocycles. The molecule has 0 amide bonds. The van der Waals surface area contributed by atoms with E-state index in [-0.39, 0.29) is 19.7 Å². The zero-order chi connectivity index (χ0) is 12.9. The summed E-state index contributed by atoms with van der Waals surface area (Å²) in [5, 5.41) is 20.3. The molecule has 1 atom stereocenters. The summed E-state index contributed by atoms with van der Waals surface area (Å²) in [5.41, 5.74) is -0.218. The van der Waals surface area contributed by atoms with Gasteiger partial charge in [0, 0.05) is 13.1 Å². The molecule has 1 rings (SSSR count). The van der Waals surface area contributed by atoms with Gasteiger partial charge in [0.1, 0.15) is 0 Å². The summed E-state index contributed by atoms with van der Waals surface area (Å²) in [6.07, 6.45) is -5.25. The maximum absolute atomic E-state index is 12.4. The fourth-order valence-electron chi connectivity index (χ4n) is 1.31. The third-order valence-corrected chi connectivity index (χ3v) is 2.17. The van der Waals surface area contributed by atoms with E-state index in [9.17, 15) is 13.2 Å². The number of aliphatic hydroxyl groups is 2. The van der Waals surface area contributed by atoms with Crippen molar-refractivity contribution in [1.82, 2.24) is 5.32 Å². The van der Waals surface area contributed by atoms with Crippen LogP contribution in [0.3, 0.4) is 0 Å². The zero-order valence-electron chi connectivity index (χ0n) is 9.04. The van der Waals surface area contributed by atoms with Crippen LogP contribution in [-0.2, 0) is 12.7 Å². The number of aliphatic hydroxyl groups excluding tert-OH is 2. The van der Waals surface area contributed by atoms with E-state index in [4.69, 9.17) is 10.2 Å². The number of halogens is 3. The predicted octanol–water partition coefficient (Wildman–Crippen LogP) is 1.15. The third-order valence-electron chi connectivity index (χ3n) is 2.17. The van der Waals surface area contributed by atoms with Crippen molar-refractivity contribution in [3.8, 4) is 0 Å². The van der Waals surface area contributed by atoms with Crippen LogP contribution in [0.1, 0.15) is 11.1 Å². The molecule has 0 saturated carbocycles. The van der Waals surface area contributed by atoms with Gasteiger partial charge in [0.2, 0.25) is 0 Å². The number of benzene rings is 1. The maximum Gasteiger partial charge on any atom is 0.416 e. The molecule has 3 N–H and O–H groups in total. The minimum absolute atomic E-state index is 0.132. The van der Waals surface area contributed by atoms with Gasteiger partial charge in [-0.3, -0.25) is 0 Å². The number of hydrogen-bond donors (Lipinski definition) is 3. The Morgan fingerprint density at radius 2 is 2.00 bits per heavy atom. The lowest BCUT2D eigenvalue weighted by Crippen LogP contribution is -2.29. The smallest absolute Gasteiger partial charge is 0.394 e. The van der Waals surface area contributed by atoms with Crippen LogP contribution in [0.15, 0.2) is 24.3 Å². The second kappa shape index (κ2) is 6.00. The lowest BCUT2D eigenvalue weighted by atomic mass is 10.1. The Kier molecular flexibility index (Phi) is 4.92. The minimum atomic E-state index is -4.35. The van der Waals surface area contributed by atoms with E-state index in [1.54, 1.807) is 6.07 Å². The van der Waals surface area contributed by atoms with Crippen LogP contribution in [-0.4, -0.2) is 29.5 Å². The van der Waals surface area contributed by atoms with Crippen molar-refractivity contribution in [1.29, 1.82) is 0 Å². The topological polar surface area (TPSA) is 52.5 Å². The molecule has 0 unspecified atom stereocenters. The number of nitrogens with one attached hydrogen (secondary N) is 1. The van der Waals surface area contributed by atoms with Crippen LogP contribution in [0.5, 0.6) is 0 Å². The first-order valence-corrected chi connectivity index (χ1v) is 5.09. The standard InChI is InChI=1S/C11H14F3NO2/c12-11(13,14)9-3-1-2-8(4-9)5-15-6-10(17)7-16/h1-4,10,15-17H,5-7H2/t10-/m0/s1. The third kappa shape index (κ3) is 4.72. The van der Waals surface area contributed by atoms with Crippen molar-refractivity contribution in [2.75, 3.05) is 13.2 Å². The molecule has 17 heavy (non-hydrogen) atoms. The molecule has 1 aromatic rings. The highest BCUT2D eigenvalue weighted by Crippen LogP contribution is 2.29. The largest absolute Gasteiger partial charge is 0.416 e. The van der Waals surface area contributed by atoms with Gasteiger partial charge in [-0.05, 0) is 11.6 Å². The van der Waals surface area contributed by atoms with E-state index < -0.39 is 17.8 Å². The first kappa shape index (κ1) is 14.0. The van der Waals surface area contributed by atoms with Gasteiger partial charge in [-0.15, -0.1) is 0 Å². The van der Waals surface area contributed by atoms with Gasteiger partial charge in [-0.1, -0.05) is 18.2 Å². The van der Waals surface area contributed by atoms with Gasteiger partial charge in [-0.25, -0.2) is 0 Å². The van der Waals surface area contributed by atoms with E-state index in [1.165, 1.54) is 6.07 Å². The highest BCUT2D eigenvalue weighted by molar-refractivity contribution is 5.25. The number of hydrogen-bond acceptors (Lipinski definition) is 3. The van der Waals surface area contributed by atoms with E-state index in [1.807, 2.05) is 0 Å². The Morgan fingerprint density at radius 1 is 1.29 bits per heavy atom. The summed E-state index contributed by atoms with van der Waals surface area (Å²) in [6.45, 7) is -0.0384. The van der Waals surface area contributed by atoms with Crippen LogP contribution < -0.4 is 5.32 Å². The van der Waals surface area contributed by atoms with Crippen molar-refractivity contribution in [3.63, 3.8) is 0 Å². The fraction of sp³-hybridized carbons (Fsp3) is 0.455. The van der Waals surface area contributed by atoms with E-state index in [2.05, 4.69) is 5.32 Å². The molecule has 0 spiro atoms. The molecular formula is C11H14F3NO2. The Morgan fingerprint density at radius 3 is 2.59 bits per heavy atom. The molecule has 0 radical (unpaired) electrons. The quantitative estimate of drug-likeness (QED) is 0.733. The molecule has 0 aliphatic carbocycles. The summed E-state index contributed by atoms with van der Waals surface area (Å²) >= 11 is 0. The normalized spacial score (nSPS) is 13.7. The lowest BCUT2D eigenvalue weighted by molar-refractivity contribution is -0.137. The number of alkyl halides is 3. The molecule has 96 valence electrons. The van der Waals surface area contributed by atoms with Gasteiger partial charge in [0.15, 0.2) is 0 Å². The van der Waals surface area contributed by atoms with Crippen LogP contribution in [0.25, 0.3) is 0 Å². The summed E-state index contributed by atoms with van der Waals surface area (Å²) in [5.74, 6) is 0. The maximum atomic E-state index is 12.4. The van der Waals surface area contributed by atoms with Crippen molar-refractivity contribution in [3.05, 3.63) is 35.4 Å². The highest BCUT2D eigenvalue weighted by atomic mass is 19.4. The zero-order valence-corrected chi connectivity index (χ0v) is 9.04. The Labute approximate surface area is 96.9 Å². The Bertz CT molecular complexity index is 355. The molecule has 0 aliphatic rings. The van der Waals surface area contributed by atoms with Crippen molar-refractivity contribution in [2.45, 2.75) is 18.8 Å². The van der Waals surface area contributed by atoms with Gasteiger partial charge in [0.25, 0.3) is 0 Å². The first-order chi connectivity index (χ1) is 7.93. The average molecular weight is 249 g/mol. The monoisotopic (exact) mass is 249 g/mol. The second-order valence-electron chi connectivity index (χ2n) is 3.67. The average Bonchev–Trinajstić information content (AvgIpc) is 2.28. The Balaban J connectivity index is 2.55. The van der Waals surface area contributed by atoms with Gasteiger partial charge in [0.05, 0.1) is 18.3 Å². The van der Waals surface area contributed by atoms with Crippen LogP contribution in [0, 0.1) is 0 Å². The van der Waals surface area contributed by atoms with Gasteiger partial charge < -0.3 is 15.5 Å². The summed E-state index contributed by atoms with van der Waals surface area (Å²) in [6, 6.07) is 4.96. The molecule has 3 nitrogen and oxygen atoms in total. The SMILES string of the molecule is OC[C@@H](O)CNCc1cccc(C(F)(F)F)c1. The van der Waals surface area contributed by atoms with Crippen LogP contribution >= 0.6 is 0 Å².